The first kappa shape index (κ1) is 36.0. The fourth-order valence-electron chi connectivity index (χ4n) is 3.58. The molecule has 1 unspecified atom stereocenters. The van der Waals surface area contributed by atoms with E-state index in [0.717, 1.165) is 22.0 Å². The van der Waals surface area contributed by atoms with Crippen molar-refractivity contribution in [2.24, 2.45) is 4.99 Å². The maximum atomic E-state index is 12.4. The maximum absolute atomic E-state index is 12.4. The molecule has 1 saturated heterocycles. The average Bonchev–Trinajstić information content (AvgIpc) is 3.35. The minimum Gasteiger partial charge on any atom is -0.425 e. The number of nitrogens with zero attached hydrogens (tertiary/aromatic N) is 4. The quantitative estimate of drug-likeness (QED) is 0.284. The Kier molecular flexibility index (Phi) is 17.2. The van der Waals surface area contributed by atoms with E-state index in [2.05, 4.69) is 26.9 Å². The molecule has 7 nitrogen and oxygen atoms in total. The minimum absolute atomic E-state index is 0. The number of benzene rings is 1. The first-order valence-corrected chi connectivity index (χ1v) is 12.7. The molecule has 2 N–H and O–H groups in total. The van der Waals surface area contributed by atoms with Crippen molar-refractivity contribution in [3.8, 4) is 0 Å². The van der Waals surface area contributed by atoms with Crippen molar-refractivity contribution in [3.63, 3.8) is 0 Å². The second-order valence-corrected chi connectivity index (χ2v) is 9.17. The Bertz CT molecular complexity index is 1260. The Morgan fingerprint density at radius 2 is 2.00 bits per heavy atom. The third-order valence-electron chi connectivity index (χ3n) is 5.14. The Morgan fingerprint density at radius 1 is 1.32 bits per heavy atom. The summed E-state index contributed by atoms with van der Waals surface area (Å²) in [6.07, 6.45) is 6.85. The van der Waals surface area contributed by atoms with Crippen LogP contribution in [0.25, 0.3) is 0 Å². The van der Waals surface area contributed by atoms with Gasteiger partial charge < -0.3 is 24.4 Å². The third-order valence-corrected chi connectivity index (χ3v) is 6.25. The summed E-state index contributed by atoms with van der Waals surface area (Å²) in [5.41, 5.74) is 1.95. The van der Waals surface area contributed by atoms with Gasteiger partial charge in [0.1, 0.15) is 11.7 Å². The topological polar surface area (TPSA) is 94.3 Å². The molecule has 0 spiro atoms. The van der Waals surface area contributed by atoms with Crippen LogP contribution in [0.4, 0.5) is 13.2 Å². The van der Waals surface area contributed by atoms with E-state index in [4.69, 9.17) is 23.6 Å². The van der Waals surface area contributed by atoms with E-state index in [9.17, 15) is 18.0 Å². The Labute approximate surface area is 283 Å². The first-order valence-electron chi connectivity index (χ1n) is 11.4. The average molecular weight is 614 g/mol. The van der Waals surface area contributed by atoms with Crippen molar-refractivity contribution in [2.75, 3.05) is 13.1 Å². The summed E-state index contributed by atoms with van der Waals surface area (Å²) in [5.74, 6) is 0.275. The molecule has 0 bridgehead atoms. The van der Waals surface area contributed by atoms with Gasteiger partial charge in [-0.15, -0.1) is 0 Å². The number of aliphatic imine (C=N–C) groups is 1. The van der Waals surface area contributed by atoms with Gasteiger partial charge in [0.2, 0.25) is 5.82 Å². The molecule has 1 amide bonds. The van der Waals surface area contributed by atoms with Crippen molar-refractivity contribution >= 4 is 40.8 Å². The first-order chi connectivity index (χ1) is 18.7. The van der Waals surface area contributed by atoms with Gasteiger partial charge in [0.25, 0.3) is 5.91 Å². The number of aromatic nitrogens is 2. The maximum Gasteiger partial charge on any atom is 1.00 e. The van der Waals surface area contributed by atoms with Gasteiger partial charge in [0, 0.05) is 41.0 Å². The second-order valence-electron chi connectivity index (χ2n) is 7.74. The molecule has 3 heterocycles. The van der Waals surface area contributed by atoms with E-state index in [-0.39, 0.29) is 80.7 Å². The fraction of sp³-hybridized carbons (Fsp3) is 0.185. The Hall–Kier alpha value is -2.06. The van der Waals surface area contributed by atoms with Crippen molar-refractivity contribution in [3.05, 3.63) is 113 Å². The van der Waals surface area contributed by atoms with Gasteiger partial charge in [-0.2, -0.15) is 0 Å². The van der Waals surface area contributed by atoms with Gasteiger partial charge in [-0.1, -0.05) is 53.4 Å². The molecule has 1 aromatic heterocycles. The zero-order valence-corrected chi connectivity index (χ0v) is 26.6. The van der Waals surface area contributed by atoms with Crippen LogP contribution in [0.2, 0.25) is 5.02 Å². The molecule has 40 heavy (non-hydrogen) atoms. The number of rotatable bonds is 7. The molecule has 1 fully saturated rings. The van der Waals surface area contributed by atoms with Crippen LogP contribution in [-0.4, -0.2) is 51.5 Å². The van der Waals surface area contributed by atoms with E-state index >= 15 is 0 Å². The number of amidine groups is 1. The molecule has 2 aliphatic rings. The van der Waals surface area contributed by atoms with Crippen LogP contribution in [0.15, 0.2) is 88.0 Å². The molecule has 2 aliphatic heterocycles. The van der Waals surface area contributed by atoms with Gasteiger partial charge in [0.15, 0.2) is 0 Å². The number of allylic oxidation sites excluding steroid dienone is 2. The predicted octanol–water partition coefficient (Wildman–Crippen LogP) is 3.26. The molecule has 2 aromatic rings. The van der Waals surface area contributed by atoms with E-state index < -0.39 is 6.93 Å². The zero-order chi connectivity index (χ0) is 28.8. The van der Waals surface area contributed by atoms with Gasteiger partial charge >= 0.3 is 51.4 Å². The minimum atomic E-state index is -1.00. The normalized spacial score (nSPS) is 15.4. The number of nitrogens with one attached hydrogen (secondary N) is 2. The molecule has 4 rings (SSSR count). The monoisotopic (exact) mass is 613 g/mol. The fourth-order valence-corrected chi connectivity index (χ4v) is 4.33. The second kappa shape index (κ2) is 19.1. The molecular formula is C27H26ClF3KN6OS-. The molecular weight excluding hydrogens is 588 g/mol. The van der Waals surface area contributed by atoms with Crippen LogP contribution in [0.1, 0.15) is 24.0 Å². The Balaban J connectivity index is 0.000000561. The summed E-state index contributed by atoms with van der Waals surface area (Å²) < 4.78 is 31.1. The number of halogens is 4. The van der Waals surface area contributed by atoms with Crippen LogP contribution in [0.5, 0.6) is 0 Å². The standard InChI is InChI=1S/C20H21N6OS.C6H4ClF.CHF2.K/c1-4-9-28-13(3)19-24-11-15(16(21)5-2)17-10-14(12-26(17)19)25-20(27)18-22-7-6-8-23-18;7-5-2-1-3-6(8)4-5;2-1-3;/h2,4-9,14,21H,3,10-12H2,1H3,(H,25,27);1-4H;1H;/q-1;;-1;+1/b9-4-,21-16?;;;. The predicted molar refractivity (Wildman–Crippen MR) is 150 cm³/mol. The summed E-state index contributed by atoms with van der Waals surface area (Å²) in [6.45, 7) is 11.5. The number of fused-ring (bicyclic) bond motifs is 1. The molecule has 206 valence electrons. The largest absolute Gasteiger partial charge is 1.00 e. The van der Waals surface area contributed by atoms with Gasteiger partial charge in [-0.3, -0.25) is 16.4 Å². The summed E-state index contributed by atoms with van der Waals surface area (Å²) in [5, 5.41) is 13.5. The molecule has 13 heteroatoms. The number of hydrogen-bond donors (Lipinski definition) is 2. The summed E-state index contributed by atoms with van der Waals surface area (Å²) >= 11 is 6.90. The van der Waals surface area contributed by atoms with Crippen LogP contribution in [-0.2, 0) is 0 Å². The van der Waals surface area contributed by atoms with Crippen molar-refractivity contribution < 1.29 is 69.4 Å². The zero-order valence-electron chi connectivity index (χ0n) is 22.0. The smallest absolute Gasteiger partial charge is 0.425 e. The van der Waals surface area contributed by atoms with Gasteiger partial charge in [-0.25, -0.2) is 20.4 Å². The van der Waals surface area contributed by atoms with Crippen LogP contribution >= 0.6 is 23.4 Å². The number of carbonyl (C=O) groups excluding carboxylic acids is 1. The molecule has 0 radical (unpaired) electrons. The van der Waals surface area contributed by atoms with Crippen LogP contribution in [0, 0.1) is 24.7 Å². The van der Waals surface area contributed by atoms with Crippen molar-refractivity contribution in [1.29, 1.82) is 5.41 Å². The van der Waals surface area contributed by atoms with Gasteiger partial charge in [0.05, 0.1) is 12.6 Å². The SMILES string of the molecule is F[CH-]F.Fc1cccc(Cl)c1.[CH-]=CC(=N)C1=C2CC(NC(=O)c3ncccn3)CN2C(C(=C)S/C=C\C)=NC1.[K+]. The Morgan fingerprint density at radius 3 is 2.55 bits per heavy atom. The molecule has 1 atom stereocenters. The van der Waals surface area contributed by atoms with Crippen molar-refractivity contribution in [1.82, 2.24) is 20.2 Å². The van der Waals surface area contributed by atoms with E-state index in [1.807, 2.05) is 23.3 Å². The summed E-state index contributed by atoms with van der Waals surface area (Å²) in [7, 11) is 0. The van der Waals surface area contributed by atoms with E-state index in [0.29, 0.717) is 24.5 Å². The van der Waals surface area contributed by atoms with Gasteiger partial charge in [-0.05, 0) is 43.5 Å². The number of carbonyl (C=O) groups is 1. The molecule has 0 saturated carbocycles. The number of amides is 1. The molecule has 1 aromatic carbocycles. The van der Waals surface area contributed by atoms with E-state index in [1.165, 1.54) is 42.4 Å². The summed E-state index contributed by atoms with van der Waals surface area (Å²) in [6, 6.07) is 7.32. The number of hydrogen-bond acceptors (Lipinski definition) is 7. The van der Waals surface area contributed by atoms with Crippen LogP contribution in [0.3, 0.4) is 0 Å². The van der Waals surface area contributed by atoms with Crippen molar-refractivity contribution in [2.45, 2.75) is 19.4 Å². The molecule has 0 aliphatic carbocycles. The summed E-state index contributed by atoms with van der Waals surface area (Å²) in [4.78, 5) is 27.9. The van der Waals surface area contributed by atoms with E-state index in [1.54, 1.807) is 18.2 Å². The van der Waals surface area contributed by atoms with Crippen LogP contribution < -0.4 is 56.7 Å². The number of thioether (sulfide) groups is 1. The third kappa shape index (κ3) is 11.1.